The van der Waals surface area contributed by atoms with Crippen molar-refractivity contribution in [3.63, 3.8) is 0 Å². The molecule has 0 amide bonds. The Kier molecular flexibility index (Phi) is 5.77. The van der Waals surface area contributed by atoms with Gasteiger partial charge in [0.2, 0.25) is 0 Å². The van der Waals surface area contributed by atoms with E-state index in [0.717, 1.165) is 11.1 Å². The van der Waals surface area contributed by atoms with E-state index in [1.54, 1.807) is 6.07 Å². The third kappa shape index (κ3) is 4.28. The second kappa shape index (κ2) is 7.90. The summed E-state index contributed by atoms with van der Waals surface area (Å²) in [5.41, 5.74) is 2.32. The lowest BCUT2D eigenvalue weighted by Gasteiger charge is -2.27. The molecule has 0 bridgehead atoms. The smallest absolute Gasteiger partial charge is 0.303 e. The topological polar surface area (TPSA) is 55.1 Å². The molecule has 1 N–H and O–H groups in total. The predicted octanol–water partition coefficient (Wildman–Crippen LogP) is 5.28. The summed E-state index contributed by atoms with van der Waals surface area (Å²) in [7, 11) is 0. The van der Waals surface area contributed by atoms with Crippen molar-refractivity contribution in [1.29, 1.82) is 0 Å². The van der Waals surface area contributed by atoms with Gasteiger partial charge in [-0.2, -0.15) is 12.6 Å². The molecule has 0 fully saturated rings. The number of carbonyl (C=O) groups is 1. The lowest BCUT2D eigenvalue weighted by Crippen LogP contribution is -2.25. The molecular weight excluding hydrogens is 387 g/mol. The van der Waals surface area contributed by atoms with E-state index in [1.807, 2.05) is 35.8 Å². The van der Waals surface area contributed by atoms with E-state index in [2.05, 4.69) is 4.98 Å². The largest absolute Gasteiger partial charge is 0.481 e. The third-order valence-electron chi connectivity index (χ3n) is 4.72. The standard InChI is InChI=1S/C20H20ClFN2O2S/c1-2-20(27,10-9-18(25)26)19-23-16-11-15(22)7-8-17(16)24(19)12-13-3-5-14(21)6-4-13/h3-8,11,27H,2,9-10,12H2,1H3,(H,25,26). The van der Waals surface area contributed by atoms with Gasteiger partial charge in [-0.25, -0.2) is 9.37 Å². The van der Waals surface area contributed by atoms with Crippen molar-refractivity contribution in [2.45, 2.75) is 37.5 Å². The normalized spacial score (nSPS) is 13.6. The molecule has 4 nitrogen and oxygen atoms in total. The molecule has 1 unspecified atom stereocenters. The maximum Gasteiger partial charge on any atom is 0.303 e. The van der Waals surface area contributed by atoms with Gasteiger partial charge in [-0.1, -0.05) is 30.7 Å². The highest BCUT2D eigenvalue weighted by Crippen LogP contribution is 2.38. The first-order valence-corrected chi connectivity index (χ1v) is 9.50. The molecule has 142 valence electrons. The molecule has 1 aromatic heterocycles. The van der Waals surface area contributed by atoms with Crippen LogP contribution >= 0.6 is 24.2 Å². The first kappa shape index (κ1) is 19.7. The molecule has 3 rings (SSSR count). The number of halogens is 2. The van der Waals surface area contributed by atoms with Crippen molar-refractivity contribution < 1.29 is 14.3 Å². The monoisotopic (exact) mass is 406 g/mol. The van der Waals surface area contributed by atoms with Crippen molar-refractivity contribution in [2.75, 3.05) is 0 Å². The van der Waals surface area contributed by atoms with E-state index in [1.165, 1.54) is 12.1 Å². The summed E-state index contributed by atoms with van der Waals surface area (Å²) in [6.07, 6.45) is 0.903. The highest BCUT2D eigenvalue weighted by atomic mass is 35.5. The van der Waals surface area contributed by atoms with Crippen molar-refractivity contribution in [1.82, 2.24) is 9.55 Å². The fourth-order valence-electron chi connectivity index (χ4n) is 3.15. The quantitative estimate of drug-likeness (QED) is 0.525. The van der Waals surface area contributed by atoms with Gasteiger partial charge in [0.15, 0.2) is 0 Å². The molecule has 1 atom stereocenters. The maximum absolute atomic E-state index is 13.7. The number of hydrogen-bond acceptors (Lipinski definition) is 3. The summed E-state index contributed by atoms with van der Waals surface area (Å²) < 4.78 is 15.0. The number of fused-ring (bicyclic) bond motifs is 1. The Morgan fingerprint density at radius 1 is 1.30 bits per heavy atom. The lowest BCUT2D eigenvalue weighted by molar-refractivity contribution is -0.137. The zero-order valence-corrected chi connectivity index (χ0v) is 16.5. The molecule has 0 saturated carbocycles. The highest BCUT2D eigenvalue weighted by Gasteiger charge is 2.32. The minimum Gasteiger partial charge on any atom is -0.481 e. The van der Waals surface area contributed by atoms with Crippen LogP contribution in [0, 0.1) is 5.82 Å². The minimum absolute atomic E-state index is 0.0180. The minimum atomic E-state index is -0.881. The Bertz CT molecular complexity index is 974. The van der Waals surface area contributed by atoms with Gasteiger partial charge in [-0.3, -0.25) is 4.79 Å². The summed E-state index contributed by atoms with van der Waals surface area (Å²) in [6.45, 7) is 2.45. The molecule has 27 heavy (non-hydrogen) atoms. The van der Waals surface area contributed by atoms with Gasteiger partial charge in [-0.05, 0) is 42.7 Å². The fourth-order valence-corrected chi connectivity index (χ4v) is 3.56. The van der Waals surface area contributed by atoms with Gasteiger partial charge in [-0.15, -0.1) is 0 Å². The van der Waals surface area contributed by atoms with E-state index in [-0.39, 0.29) is 12.2 Å². The van der Waals surface area contributed by atoms with E-state index in [4.69, 9.17) is 29.3 Å². The van der Waals surface area contributed by atoms with Crippen LogP contribution in [0.25, 0.3) is 11.0 Å². The van der Waals surface area contributed by atoms with Crippen LogP contribution in [0.5, 0.6) is 0 Å². The van der Waals surface area contributed by atoms with Crippen LogP contribution in [0.15, 0.2) is 42.5 Å². The van der Waals surface area contributed by atoms with Gasteiger partial charge < -0.3 is 9.67 Å². The highest BCUT2D eigenvalue weighted by molar-refractivity contribution is 7.81. The van der Waals surface area contributed by atoms with Crippen LogP contribution in [-0.4, -0.2) is 20.6 Å². The van der Waals surface area contributed by atoms with Crippen LogP contribution in [0.4, 0.5) is 4.39 Å². The number of imidazole rings is 1. The van der Waals surface area contributed by atoms with Crippen molar-refractivity contribution in [3.05, 3.63) is 64.7 Å². The molecule has 2 aromatic carbocycles. The van der Waals surface area contributed by atoms with Crippen LogP contribution in [0.2, 0.25) is 5.02 Å². The number of hydrogen-bond donors (Lipinski definition) is 2. The zero-order valence-electron chi connectivity index (χ0n) is 14.8. The SMILES string of the molecule is CCC(S)(CCC(=O)O)c1nc2cc(F)ccc2n1Cc1ccc(Cl)cc1. The fraction of sp³-hybridized carbons (Fsp3) is 0.300. The van der Waals surface area contributed by atoms with Crippen LogP contribution in [-0.2, 0) is 16.1 Å². The summed E-state index contributed by atoms with van der Waals surface area (Å²) >= 11 is 10.8. The zero-order chi connectivity index (χ0) is 19.6. The summed E-state index contributed by atoms with van der Waals surface area (Å²) in [5.74, 6) is -0.601. The number of nitrogens with zero attached hydrogens (tertiary/aromatic N) is 2. The van der Waals surface area contributed by atoms with Crippen molar-refractivity contribution in [3.8, 4) is 0 Å². The number of aliphatic carboxylic acids is 1. The van der Waals surface area contributed by atoms with Gasteiger partial charge in [0, 0.05) is 24.1 Å². The predicted molar refractivity (Wildman–Crippen MR) is 108 cm³/mol. The molecule has 1 heterocycles. The molecule has 0 radical (unpaired) electrons. The Morgan fingerprint density at radius 3 is 2.63 bits per heavy atom. The second-order valence-corrected chi connectivity index (χ2v) is 7.85. The van der Waals surface area contributed by atoms with E-state index in [0.29, 0.717) is 35.8 Å². The summed E-state index contributed by atoms with van der Waals surface area (Å²) in [6, 6.07) is 11.9. The average molecular weight is 407 g/mol. The molecule has 3 aromatic rings. The first-order chi connectivity index (χ1) is 12.8. The molecule has 0 aliphatic rings. The van der Waals surface area contributed by atoms with E-state index < -0.39 is 10.7 Å². The third-order valence-corrected chi connectivity index (χ3v) is 5.71. The number of thiol groups is 1. The number of carboxylic acids is 1. The van der Waals surface area contributed by atoms with Crippen molar-refractivity contribution in [2.24, 2.45) is 0 Å². The van der Waals surface area contributed by atoms with E-state index >= 15 is 0 Å². The van der Waals surface area contributed by atoms with Gasteiger partial charge in [0.05, 0.1) is 15.8 Å². The lowest BCUT2D eigenvalue weighted by atomic mass is 9.97. The number of benzene rings is 2. The van der Waals surface area contributed by atoms with Crippen LogP contribution < -0.4 is 0 Å². The van der Waals surface area contributed by atoms with Gasteiger partial charge in [0.1, 0.15) is 11.6 Å². The first-order valence-electron chi connectivity index (χ1n) is 8.67. The Balaban J connectivity index is 2.12. The number of rotatable bonds is 7. The molecule has 0 spiro atoms. The van der Waals surface area contributed by atoms with Gasteiger partial charge in [0.25, 0.3) is 0 Å². The maximum atomic E-state index is 13.7. The Hall–Kier alpha value is -2.05. The average Bonchev–Trinajstić information content (AvgIpc) is 2.99. The van der Waals surface area contributed by atoms with E-state index in [9.17, 15) is 9.18 Å². The summed E-state index contributed by atoms with van der Waals surface area (Å²) in [4.78, 5) is 15.7. The molecular formula is C20H20ClFN2O2S. The Labute approximate surface area is 167 Å². The summed E-state index contributed by atoms with van der Waals surface area (Å²) in [5, 5.41) is 9.75. The number of carboxylic acid groups (broad SMARTS) is 1. The molecule has 7 heteroatoms. The second-order valence-electron chi connectivity index (χ2n) is 6.56. The molecule has 0 aliphatic carbocycles. The van der Waals surface area contributed by atoms with Crippen LogP contribution in [0.3, 0.4) is 0 Å². The Morgan fingerprint density at radius 2 is 2.00 bits per heavy atom. The number of aromatic nitrogens is 2. The van der Waals surface area contributed by atoms with Crippen LogP contribution in [0.1, 0.15) is 37.6 Å². The molecule has 0 saturated heterocycles. The molecule has 0 aliphatic heterocycles. The van der Waals surface area contributed by atoms with Gasteiger partial charge >= 0.3 is 5.97 Å². The van der Waals surface area contributed by atoms with Crippen molar-refractivity contribution >= 4 is 41.2 Å².